The second-order valence-corrected chi connectivity index (χ2v) is 6.45. The molecule has 0 aliphatic carbocycles. The lowest BCUT2D eigenvalue weighted by Gasteiger charge is -2.04. The van der Waals surface area contributed by atoms with Gasteiger partial charge in [-0.25, -0.2) is 17.9 Å². The van der Waals surface area contributed by atoms with Gasteiger partial charge in [0.25, 0.3) is 0 Å². The van der Waals surface area contributed by atoms with E-state index in [1.807, 2.05) is 0 Å². The Kier molecular flexibility index (Phi) is 5.45. The van der Waals surface area contributed by atoms with Crippen LogP contribution in [0.4, 0.5) is 0 Å². The fourth-order valence-electron chi connectivity index (χ4n) is 1.29. The van der Waals surface area contributed by atoms with Crippen molar-refractivity contribution in [3.8, 4) is 0 Å². The Morgan fingerprint density at radius 1 is 1.37 bits per heavy atom. The predicted octanol–water partition coefficient (Wildman–Crippen LogP) is 0.380. The molecule has 106 valence electrons. The standard InChI is InChI=1S/C10H14N2O5S2/c11-9(13)3-1-2-4-12-19(16,17)7-5-8(10(14)15)18-6-7/h5-6,12H,1-4H2,(H2,11,13)(H,14,15). The molecule has 0 unspecified atom stereocenters. The highest BCUT2D eigenvalue weighted by Gasteiger charge is 2.17. The number of rotatable bonds is 8. The molecule has 0 atom stereocenters. The van der Waals surface area contributed by atoms with Gasteiger partial charge in [-0.05, 0) is 18.9 Å². The average molecular weight is 306 g/mol. The van der Waals surface area contributed by atoms with Gasteiger partial charge < -0.3 is 10.8 Å². The number of nitrogens with one attached hydrogen (secondary N) is 1. The minimum atomic E-state index is -3.69. The second kappa shape index (κ2) is 6.64. The SMILES string of the molecule is NC(=O)CCCCNS(=O)(=O)c1csc(C(=O)O)c1. The molecule has 0 aromatic carbocycles. The summed E-state index contributed by atoms with van der Waals surface area (Å²) in [6.07, 6.45) is 1.20. The Morgan fingerprint density at radius 2 is 2.05 bits per heavy atom. The van der Waals surface area contributed by atoms with E-state index in [4.69, 9.17) is 10.8 Å². The molecule has 0 fully saturated rings. The van der Waals surface area contributed by atoms with Crippen LogP contribution in [0.25, 0.3) is 0 Å². The molecule has 1 aromatic rings. The van der Waals surface area contributed by atoms with E-state index < -0.39 is 21.9 Å². The van der Waals surface area contributed by atoms with Gasteiger partial charge in [0.15, 0.2) is 0 Å². The zero-order valence-electron chi connectivity index (χ0n) is 9.96. The number of carboxylic acid groups (broad SMARTS) is 1. The maximum Gasteiger partial charge on any atom is 0.345 e. The number of amides is 1. The summed E-state index contributed by atoms with van der Waals surface area (Å²) in [5.41, 5.74) is 4.95. The maximum atomic E-state index is 11.8. The van der Waals surface area contributed by atoms with Crippen molar-refractivity contribution in [2.75, 3.05) is 6.54 Å². The first-order valence-electron chi connectivity index (χ1n) is 5.43. The van der Waals surface area contributed by atoms with Crippen LogP contribution in [0.15, 0.2) is 16.3 Å². The van der Waals surface area contributed by atoms with Crippen molar-refractivity contribution in [1.29, 1.82) is 0 Å². The Labute approximate surface area is 114 Å². The highest BCUT2D eigenvalue weighted by Crippen LogP contribution is 2.19. The molecule has 0 aliphatic rings. The molecule has 4 N–H and O–H groups in total. The average Bonchev–Trinajstić information content (AvgIpc) is 2.77. The van der Waals surface area contributed by atoms with Gasteiger partial charge in [0.1, 0.15) is 4.88 Å². The first-order chi connectivity index (χ1) is 8.83. The van der Waals surface area contributed by atoms with Crippen LogP contribution in [-0.4, -0.2) is 31.9 Å². The number of carbonyl (C=O) groups is 2. The molecule has 1 rings (SSSR count). The number of hydrogen-bond acceptors (Lipinski definition) is 5. The lowest BCUT2D eigenvalue weighted by molar-refractivity contribution is -0.118. The van der Waals surface area contributed by atoms with Gasteiger partial charge in [0.05, 0.1) is 4.90 Å². The van der Waals surface area contributed by atoms with E-state index >= 15 is 0 Å². The molecule has 1 heterocycles. The quantitative estimate of drug-likeness (QED) is 0.598. The summed E-state index contributed by atoms with van der Waals surface area (Å²) < 4.78 is 25.9. The summed E-state index contributed by atoms with van der Waals surface area (Å²) in [6.45, 7) is 0.174. The van der Waals surface area contributed by atoms with Crippen molar-refractivity contribution in [2.45, 2.75) is 24.2 Å². The monoisotopic (exact) mass is 306 g/mol. The van der Waals surface area contributed by atoms with E-state index in [2.05, 4.69) is 4.72 Å². The number of thiophene rings is 1. The molecule has 1 amide bonds. The fraction of sp³-hybridized carbons (Fsp3) is 0.400. The first kappa shape index (κ1) is 15.6. The van der Waals surface area contributed by atoms with Crippen LogP contribution in [-0.2, 0) is 14.8 Å². The van der Waals surface area contributed by atoms with Crippen LogP contribution >= 0.6 is 11.3 Å². The molecule has 9 heteroatoms. The number of unbranched alkanes of at least 4 members (excludes halogenated alkanes) is 1. The van der Waals surface area contributed by atoms with Gasteiger partial charge in [0, 0.05) is 18.3 Å². The number of nitrogens with two attached hydrogens (primary N) is 1. The lowest BCUT2D eigenvalue weighted by atomic mass is 10.2. The summed E-state index contributed by atoms with van der Waals surface area (Å²) in [5, 5.41) is 9.99. The fourth-order valence-corrected chi connectivity index (χ4v) is 3.47. The Bertz CT molecular complexity index is 564. The van der Waals surface area contributed by atoms with Crippen molar-refractivity contribution in [1.82, 2.24) is 4.72 Å². The smallest absolute Gasteiger partial charge is 0.345 e. The maximum absolute atomic E-state index is 11.8. The minimum absolute atomic E-state index is 0.0332. The van der Waals surface area contributed by atoms with Crippen LogP contribution < -0.4 is 10.5 Å². The van der Waals surface area contributed by atoms with Gasteiger partial charge in [-0.15, -0.1) is 11.3 Å². The molecule has 19 heavy (non-hydrogen) atoms. The summed E-state index contributed by atoms with van der Waals surface area (Å²) in [5.74, 6) is -1.58. The third kappa shape index (κ3) is 4.97. The molecule has 0 aliphatic heterocycles. The number of sulfonamides is 1. The van der Waals surface area contributed by atoms with Crippen LogP contribution in [0.3, 0.4) is 0 Å². The highest BCUT2D eigenvalue weighted by molar-refractivity contribution is 7.89. The van der Waals surface area contributed by atoms with Gasteiger partial charge in [-0.2, -0.15) is 0 Å². The summed E-state index contributed by atoms with van der Waals surface area (Å²) in [4.78, 5) is 21.0. The van der Waals surface area contributed by atoms with Crippen LogP contribution in [0.1, 0.15) is 28.9 Å². The molecular weight excluding hydrogens is 292 g/mol. The largest absolute Gasteiger partial charge is 0.477 e. The molecule has 0 bridgehead atoms. The number of carboxylic acids is 1. The lowest BCUT2D eigenvalue weighted by Crippen LogP contribution is -2.24. The van der Waals surface area contributed by atoms with E-state index in [9.17, 15) is 18.0 Å². The van der Waals surface area contributed by atoms with Crippen molar-refractivity contribution in [3.63, 3.8) is 0 Å². The number of aromatic carboxylic acids is 1. The number of carbonyl (C=O) groups excluding carboxylic acids is 1. The van der Waals surface area contributed by atoms with Crippen molar-refractivity contribution < 1.29 is 23.1 Å². The zero-order valence-corrected chi connectivity index (χ0v) is 11.6. The summed E-state index contributed by atoms with van der Waals surface area (Å²) in [6, 6.07) is 1.11. The Balaban J connectivity index is 2.51. The van der Waals surface area contributed by atoms with E-state index in [-0.39, 0.29) is 22.7 Å². The third-order valence-electron chi connectivity index (χ3n) is 2.24. The van der Waals surface area contributed by atoms with Crippen LogP contribution in [0.5, 0.6) is 0 Å². The number of primary amides is 1. The van der Waals surface area contributed by atoms with Crippen molar-refractivity contribution >= 4 is 33.2 Å². The topological polar surface area (TPSA) is 127 Å². The van der Waals surface area contributed by atoms with Crippen molar-refractivity contribution in [3.05, 3.63) is 16.3 Å². The molecule has 0 radical (unpaired) electrons. The number of hydrogen-bond donors (Lipinski definition) is 3. The van der Waals surface area contributed by atoms with Crippen LogP contribution in [0, 0.1) is 0 Å². The summed E-state index contributed by atoms with van der Waals surface area (Å²) >= 11 is 0.852. The van der Waals surface area contributed by atoms with Crippen molar-refractivity contribution in [2.24, 2.45) is 5.73 Å². The van der Waals surface area contributed by atoms with Gasteiger partial charge in [0.2, 0.25) is 15.9 Å². The Hall–Kier alpha value is -1.45. The first-order valence-corrected chi connectivity index (χ1v) is 7.79. The van der Waals surface area contributed by atoms with E-state index in [0.29, 0.717) is 12.8 Å². The van der Waals surface area contributed by atoms with E-state index in [1.165, 1.54) is 5.38 Å². The molecule has 0 saturated heterocycles. The Morgan fingerprint density at radius 3 is 2.58 bits per heavy atom. The van der Waals surface area contributed by atoms with Gasteiger partial charge >= 0.3 is 5.97 Å². The molecular formula is C10H14N2O5S2. The third-order valence-corrected chi connectivity index (χ3v) is 4.75. The van der Waals surface area contributed by atoms with Crippen LogP contribution in [0.2, 0.25) is 0 Å². The summed E-state index contributed by atoms with van der Waals surface area (Å²) in [7, 11) is -3.69. The van der Waals surface area contributed by atoms with Gasteiger partial charge in [-0.3, -0.25) is 4.79 Å². The molecule has 0 saturated carbocycles. The molecule has 1 aromatic heterocycles. The van der Waals surface area contributed by atoms with E-state index in [0.717, 1.165) is 17.4 Å². The van der Waals surface area contributed by atoms with Gasteiger partial charge in [-0.1, -0.05) is 0 Å². The molecule has 7 nitrogen and oxygen atoms in total. The second-order valence-electron chi connectivity index (χ2n) is 3.77. The highest BCUT2D eigenvalue weighted by atomic mass is 32.2. The predicted molar refractivity (Wildman–Crippen MR) is 69.5 cm³/mol. The van der Waals surface area contributed by atoms with E-state index in [1.54, 1.807) is 0 Å². The minimum Gasteiger partial charge on any atom is -0.477 e. The molecule has 0 spiro atoms. The zero-order chi connectivity index (χ0) is 14.5. The normalized spacial score (nSPS) is 11.4.